The molecule has 2 atom stereocenters. The summed E-state index contributed by atoms with van der Waals surface area (Å²) in [4.78, 5) is 28.8. The van der Waals surface area contributed by atoms with Gasteiger partial charge in [-0.25, -0.2) is 4.79 Å². The van der Waals surface area contributed by atoms with Crippen LogP contribution in [0.1, 0.15) is 56.1 Å². The summed E-state index contributed by atoms with van der Waals surface area (Å²) in [7, 11) is 3.97. The molecule has 0 aromatic heterocycles. The van der Waals surface area contributed by atoms with Gasteiger partial charge in [0.25, 0.3) is 0 Å². The minimum Gasteiger partial charge on any atom is -0.462 e. The zero-order valence-corrected chi connectivity index (χ0v) is 20.9. The number of esters is 1. The number of nitrogens with zero attached hydrogens (tertiary/aromatic N) is 1. The zero-order chi connectivity index (χ0) is 24.4. The molecular weight excluding hydrogens is 448 g/mol. The van der Waals surface area contributed by atoms with Gasteiger partial charge >= 0.3 is 5.97 Å². The summed E-state index contributed by atoms with van der Waals surface area (Å²) < 4.78 is 5.54. The molecule has 34 heavy (non-hydrogen) atoms. The van der Waals surface area contributed by atoms with Crippen molar-refractivity contribution in [3.05, 3.63) is 87.2 Å². The Morgan fingerprint density at radius 1 is 1.06 bits per heavy atom. The number of hydrogen-bond donors (Lipinski definition) is 1. The van der Waals surface area contributed by atoms with E-state index in [0.717, 1.165) is 34.6 Å². The summed E-state index contributed by atoms with van der Waals surface area (Å²) in [6, 6.07) is 15.8. The van der Waals surface area contributed by atoms with E-state index in [1.54, 1.807) is 0 Å². The summed E-state index contributed by atoms with van der Waals surface area (Å²) in [6.45, 7) is 4.21. The van der Waals surface area contributed by atoms with Gasteiger partial charge in [0.05, 0.1) is 12.2 Å². The number of nitrogens with one attached hydrogen (secondary N) is 1. The predicted octanol–water partition coefficient (Wildman–Crippen LogP) is 5.72. The van der Waals surface area contributed by atoms with Crippen LogP contribution in [0.3, 0.4) is 0 Å². The SMILES string of the molecule is CCCOC(=O)C1=C(C)NC2=C(C(=O)CC(c3ccc(Cl)cc3)C2)C1c1ccc(N(C)C)cc1. The van der Waals surface area contributed by atoms with E-state index in [4.69, 9.17) is 16.3 Å². The summed E-state index contributed by atoms with van der Waals surface area (Å²) in [5.41, 5.74) is 5.89. The molecule has 2 aromatic rings. The number of anilines is 1. The molecule has 0 saturated heterocycles. The number of ether oxygens (including phenoxy) is 1. The number of carbonyl (C=O) groups excluding carboxylic acids is 2. The quantitative estimate of drug-likeness (QED) is 0.538. The van der Waals surface area contributed by atoms with Crippen molar-refractivity contribution >= 4 is 29.0 Å². The second-order valence-electron chi connectivity index (χ2n) is 9.19. The van der Waals surface area contributed by atoms with Crippen molar-refractivity contribution in [3.8, 4) is 0 Å². The van der Waals surface area contributed by atoms with Crippen LogP contribution in [0.25, 0.3) is 0 Å². The van der Waals surface area contributed by atoms with Crippen LogP contribution in [0.4, 0.5) is 5.69 Å². The van der Waals surface area contributed by atoms with E-state index in [1.165, 1.54) is 0 Å². The first-order chi connectivity index (χ1) is 16.3. The van der Waals surface area contributed by atoms with Crippen LogP contribution in [0.5, 0.6) is 0 Å². The molecule has 0 amide bonds. The Morgan fingerprint density at radius 2 is 1.71 bits per heavy atom. The highest BCUT2D eigenvalue weighted by Crippen LogP contribution is 2.46. The first-order valence-corrected chi connectivity index (χ1v) is 12.1. The van der Waals surface area contributed by atoms with Crippen LogP contribution in [0.15, 0.2) is 71.1 Å². The summed E-state index contributed by atoms with van der Waals surface area (Å²) in [6.07, 6.45) is 1.83. The van der Waals surface area contributed by atoms with Gasteiger partial charge in [0.1, 0.15) is 0 Å². The summed E-state index contributed by atoms with van der Waals surface area (Å²) >= 11 is 6.07. The number of allylic oxidation sites excluding steroid dienone is 3. The number of Topliss-reactive ketones (excluding diaryl/α,β-unsaturated/α-hetero) is 1. The summed E-state index contributed by atoms with van der Waals surface area (Å²) in [5.74, 6) is -0.693. The lowest BCUT2D eigenvalue weighted by Gasteiger charge is -2.36. The molecule has 178 valence electrons. The lowest BCUT2D eigenvalue weighted by atomic mass is 9.71. The van der Waals surface area contributed by atoms with Crippen molar-refractivity contribution in [1.82, 2.24) is 5.32 Å². The highest BCUT2D eigenvalue weighted by Gasteiger charge is 2.41. The van der Waals surface area contributed by atoms with Gasteiger partial charge in [-0.3, -0.25) is 4.79 Å². The topological polar surface area (TPSA) is 58.6 Å². The fraction of sp³-hybridized carbons (Fsp3) is 0.357. The Hall–Kier alpha value is -3.05. The smallest absolute Gasteiger partial charge is 0.336 e. The van der Waals surface area contributed by atoms with E-state index < -0.39 is 5.92 Å². The van der Waals surface area contributed by atoms with Gasteiger partial charge < -0.3 is 15.0 Å². The molecule has 4 rings (SSSR count). The van der Waals surface area contributed by atoms with Crippen LogP contribution >= 0.6 is 11.6 Å². The molecule has 1 N–H and O–H groups in total. The molecule has 2 aliphatic rings. The van der Waals surface area contributed by atoms with Crippen LogP contribution in [-0.2, 0) is 14.3 Å². The number of dihydropyridines is 1. The minimum absolute atomic E-state index is 0.0590. The van der Waals surface area contributed by atoms with Gasteiger partial charge in [-0.2, -0.15) is 0 Å². The lowest BCUT2D eigenvalue weighted by Crippen LogP contribution is -2.36. The van der Waals surface area contributed by atoms with Crippen molar-refractivity contribution < 1.29 is 14.3 Å². The zero-order valence-electron chi connectivity index (χ0n) is 20.2. The molecule has 1 aliphatic carbocycles. The molecule has 1 aliphatic heterocycles. The maximum absolute atomic E-state index is 13.6. The van der Waals surface area contributed by atoms with Gasteiger partial charge in [-0.15, -0.1) is 0 Å². The third-order valence-corrected chi connectivity index (χ3v) is 6.82. The summed E-state index contributed by atoms with van der Waals surface area (Å²) in [5, 5.41) is 4.08. The highest BCUT2D eigenvalue weighted by molar-refractivity contribution is 6.30. The monoisotopic (exact) mass is 478 g/mol. The average molecular weight is 479 g/mol. The number of ketones is 1. The van der Waals surface area contributed by atoms with Gasteiger partial charge in [-0.05, 0) is 61.1 Å². The lowest BCUT2D eigenvalue weighted by molar-refractivity contribution is -0.139. The molecule has 0 saturated carbocycles. The van der Waals surface area contributed by atoms with Gasteiger partial charge in [0.2, 0.25) is 0 Å². The standard InChI is InChI=1S/C28H31ClN2O3/c1-5-14-34-28(33)25-17(2)30-23-15-20(18-6-10-21(29)11-7-18)16-24(32)27(23)26(25)19-8-12-22(13-9-19)31(3)4/h6-13,20,26,30H,5,14-16H2,1-4H3. The molecule has 5 nitrogen and oxygen atoms in total. The molecule has 0 bridgehead atoms. The molecule has 2 unspecified atom stereocenters. The first kappa shape index (κ1) is 24.1. The molecule has 2 aromatic carbocycles. The number of hydrogen-bond acceptors (Lipinski definition) is 5. The molecule has 0 fully saturated rings. The van der Waals surface area contributed by atoms with E-state index in [1.807, 2.05) is 81.4 Å². The predicted molar refractivity (Wildman–Crippen MR) is 136 cm³/mol. The van der Waals surface area contributed by atoms with Crippen LogP contribution in [0, 0.1) is 0 Å². The maximum atomic E-state index is 13.6. The van der Waals surface area contributed by atoms with Crippen LogP contribution in [-0.4, -0.2) is 32.5 Å². The molecular formula is C28H31ClN2O3. The second-order valence-corrected chi connectivity index (χ2v) is 9.63. The van der Waals surface area contributed by atoms with E-state index in [2.05, 4.69) is 5.32 Å². The minimum atomic E-state index is -0.449. The largest absolute Gasteiger partial charge is 0.462 e. The Labute approximate surface area is 206 Å². The second kappa shape index (κ2) is 10.1. The van der Waals surface area contributed by atoms with Gasteiger partial charge in [0.15, 0.2) is 5.78 Å². The Bertz CT molecular complexity index is 1150. The van der Waals surface area contributed by atoms with Gasteiger partial charge in [-0.1, -0.05) is 42.8 Å². The first-order valence-electron chi connectivity index (χ1n) is 11.7. The number of rotatable bonds is 6. The molecule has 1 heterocycles. The number of halogens is 1. The average Bonchev–Trinajstić information content (AvgIpc) is 2.82. The van der Waals surface area contributed by atoms with E-state index in [-0.39, 0.29) is 17.7 Å². The van der Waals surface area contributed by atoms with Gasteiger partial charge in [0, 0.05) is 54.1 Å². The fourth-order valence-corrected chi connectivity index (χ4v) is 4.98. The number of carbonyl (C=O) groups is 2. The van der Waals surface area contributed by atoms with Crippen molar-refractivity contribution in [2.24, 2.45) is 0 Å². The normalized spacial score (nSPS) is 20.1. The van der Waals surface area contributed by atoms with Crippen molar-refractivity contribution in [2.75, 3.05) is 25.6 Å². The Morgan fingerprint density at radius 3 is 2.32 bits per heavy atom. The van der Waals surface area contributed by atoms with Crippen molar-refractivity contribution in [1.29, 1.82) is 0 Å². The highest BCUT2D eigenvalue weighted by atomic mass is 35.5. The van der Waals surface area contributed by atoms with Crippen LogP contribution in [0.2, 0.25) is 5.02 Å². The Balaban J connectivity index is 1.76. The third kappa shape index (κ3) is 4.76. The van der Waals surface area contributed by atoms with Crippen LogP contribution < -0.4 is 10.2 Å². The van der Waals surface area contributed by atoms with E-state index >= 15 is 0 Å². The van der Waals surface area contributed by atoms with E-state index in [0.29, 0.717) is 35.6 Å². The fourth-order valence-electron chi connectivity index (χ4n) is 4.85. The number of benzene rings is 2. The van der Waals surface area contributed by atoms with Crippen molar-refractivity contribution in [2.45, 2.75) is 44.9 Å². The molecule has 0 radical (unpaired) electrons. The van der Waals surface area contributed by atoms with E-state index in [9.17, 15) is 9.59 Å². The molecule has 6 heteroatoms. The van der Waals surface area contributed by atoms with Crippen molar-refractivity contribution in [3.63, 3.8) is 0 Å². The maximum Gasteiger partial charge on any atom is 0.336 e. The molecule has 0 spiro atoms. The third-order valence-electron chi connectivity index (χ3n) is 6.57. The Kier molecular flexibility index (Phi) is 7.13.